The van der Waals surface area contributed by atoms with Crippen LogP contribution in [-0.4, -0.2) is 68.0 Å². The number of nitrogens with one attached hydrogen (secondary N) is 1. The molecule has 1 aliphatic carbocycles. The topological polar surface area (TPSA) is 103 Å². The Kier molecular flexibility index (Phi) is 5.58. The number of rotatable bonds is 5. The summed E-state index contributed by atoms with van der Waals surface area (Å²) >= 11 is 0. The first-order chi connectivity index (χ1) is 16.7. The highest BCUT2D eigenvalue weighted by atomic mass is 16.5. The molecule has 4 aromatic rings. The number of aryl methyl sites for hydroxylation is 1. The molecule has 176 valence electrons. The Hall–Kier alpha value is -3.53. The second kappa shape index (κ2) is 9.02. The minimum absolute atomic E-state index is 0.147. The predicted molar refractivity (Wildman–Crippen MR) is 128 cm³/mol. The maximum atomic E-state index is 6.55. The van der Waals surface area contributed by atoms with Crippen LogP contribution in [0.25, 0.3) is 16.8 Å². The van der Waals surface area contributed by atoms with Crippen LogP contribution in [0.1, 0.15) is 31.4 Å². The van der Waals surface area contributed by atoms with E-state index in [-0.39, 0.29) is 6.10 Å². The first-order valence-corrected chi connectivity index (χ1v) is 11.9. The van der Waals surface area contributed by atoms with Crippen LogP contribution in [0.2, 0.25) is 0 Å². The second-order valence-electron chi connectivity index (χ2n) is 8.96. The molecule has 1 saturated carbocycles. The molecule has 0 unspecified atom stereocenters. The molecule has 0 radical (unpaired) electrons. The molecule has 1 N–H and O–H groups in total. The zero-order valence-electron chi connectivity index (χ0n) is 19.2. The van der Waals surface area contributed by atoms with Crippen molar-refractivity contribution >= 4 is 28.3 Å². The summed E-state index contributed by atoms with van der Waals surface area (Å²) < 4.78 is 13.8. The minimum atomic E-state index is 0.147. The Bertz CT molecular complexity index is 1290. The molecule has 1 aliphatic heterocycles. The van der Waals surface area contributed by atoms with Gasteiger partial charge in [0, 0.05) is 55.0 Å². The lowest BCUT2D eigenvalue weighted by Gasteiger charge is -2.31. The summed E-state index contributed by atoms with van der Waals surface area (Å²) in [6.45, 7) is 5.20. The first kappa shape index (κ1) is 21.0. The van der Waals surface area contributed by atoms with Crippen molar-refractivity contribution in [1.82, 2.24) is 29.5 Å². The SMILES string of the molecule is Cc1cc(NC2CCC(Oc3cc(N4CCOCC4)cc4nccnc34)CC2)n2ncnc2n1. The van der Waals surface area contributed by atoms with Crippen LogP contribution in [0, 0.1) is 6.92 Å². The summed E-state index contributed by atoms with van der Waals surface area (Å²) in [5.41, 5.74) is 3.72. The standard InChI is InChI=1S/C24H28N8O2/c1-16-12-22(32-24(29-16)27-15-28-32)30-17-2-4-19(5-3-17)34-21-14-18(31-8-10-33-11-9-31)13-20-23(21)26-7-6-25-20/h6-7,12-15,17,19,30H,2-5,8-11H2,1H3. The average molecular weight is 461 g/mol. The Labute approximate surface area is 197 Å². The summed E-state index contributed by atoms with van der Waals surface area (Å²) in [4.78, 5) is 20.1. The van der Waals surface area contributed by atoms with Gasteiger partial charge in [-0.15, -0.1) is 0 Å². The van der Waals surface area contributed by atoms with Crippen LogP contribution >= 0.6 is 0 Å². The normalized spacial score (nSPS) is 21.1. The van der Waals surface area contributed by atoms with Crippen molar-refractivity contribution in [3.8, 4) is 5.75 Å². The van der Waals surface area contributed by atoms with Gasteiger partial charge in [0.1, 0.15) is 23.4 Å². The van der Waals surface area contributed by atoms with Crippen molar-refractivity contribution in [2.45, 2.75) is 44.8 Å². The molecular formula is C24H28N8O2. The van der Waals surface area contributed by atoms with Crippen LogP contribution < -0.4 is 15.0 Å². The number of anilines is 2. The summed E-state index contributed by atoms with van der Waals surface area (Å²) in [6, 6.07) is 6.59. The van der Waals surface area contributed by atoms with Gasteiger partial charge in [-0.25, -0.2) is 9.97 Å². The van der Waals surface area contributed by atoms with Gasteiger partial charge in [-0.05, 0) is 38.7 Å². The van der Waals surface area contributed by atoms with E-state index >= 15 is 0 Å². The van der Waals surface area contributed by atoms with E-state index in [2.05, 4.69) is 47.4 Å². The van der Waals surface area contributed by atoms with Gasteiger partial charge in [0.15, 0.2) is 0 Å². The average Bonchev–Trinajstić information content (AvgIpc) is 3.34. The summed E-state index contributed by atoms with van der Waals surface area (Å²) in [5.74, 6) is 2.37. The number of fused-ring (bicyclic) bond motifs is 2. The highest BCUT2D eigenvalue weighted by molar-refractivity contribution is 5.85. The number of morpholine rings is 1. The maximum absolute atomic E-state index is 6.55. The molecule has 1 saturated heterocycles. The Balaban J connectivity index is 1.16. The van der Waals surface area contributed by atoms with Crippen LogP contribution in [0.5, 0.6) is 5.75 Å². The van der Waals surface area contributed by atoms with Crippen molar-refractivity contribution < 1.29 is 9.47 Å². The van der Waals surface area contributed by atoms with Gasteiger partial charge in [0.25, 0.3) is 5.78 Å². The third-order valence-electron chi connectivity index (χ3n) is 6.60. The number of benzene rings is 1. The maximum Gasteiger partial charge on any atom is 0.254 e. The zero-order valence-corrected chi connectivity index (χ0v) is 19.2. The lowest BCUT2D eigenvalue weighted by molar-refractivity contribution is 0.122. The summed E-state index contributed by atoms with van der Waals surface area (Å²) in [7, 11) is 0. The van der Waals surface area contributed by atoms with Crippen LogP contribution in [0.4, 0.5) is 11.5 Å². The van der Waals surface area contributed by atoms with E-state index in [1.807, 2.05) is 13.0 Å². The Morgan fingerprint density at radius 1 is 1.00 bits per heavy atom. The van der Waals surface area contributed by atoms with E-state index in [9.17, 15) is 0 Å². The molecule has 0 atom stereocenters. The van der Waals surface area contributed by atoms with Crippen LogP contribution in [0.3, 0.4) is 0 Å². The second-order valence-corrected chi connectivity index (χ2v) is 8.96. The van der Waals surface area contributed by atoms with E-state index in [1.54, 1.807) is 16.9 Å². The fraction of sp³-hybridized carbons (Fsp3) is 0.458. The van der Waals surface area contributed by atoms with E-state index in [0.717, 1.165) is 86.0 Å². The lowest BCUT2D eigenvalue weighted by atomic mass is 9.93. The van der Waals surface area contributed by atoms with Gasteiger partial charge in [-0.3, -0.25) is 4.98 Å². The molecular weight excluding hydrogens is 432 g/mol. The monoisotopic (exact) mass is 460 g/mol. The predicted octanol–water partition coefficient (Wildman–Crippen LogP) is 3.01. The number of aromatic nitrogens is 6. The van der Waals surface area contributed by atoms with Gasteiger partial charge in [-0.2, -0.15) is 14.6 Å². The molecule has 2 fully saturated rings. The molecule has 6 rings (SSSR count). The third kappa shape index (κ3) is 4.21. The van der Waals surface area contributed by atoms with E-state index in [4.69, 9.17) is 9.47 Å². The smallest absolute Gasteiger partial charge is 0.254 e. The van der Waals surface area contributed by atoms with Crippen molar-refractivity contribution in [1.29, 1.82) is 0 Å². The fourth-order valence-corrected chi connectivity index (χ4v) is 4.87. The molecule has 4 heterocycles. The van der Waals surface area contributed by atoms with Gasteiger partial charge < -0.3 is 19.7 Å². The third-order valence-corrected chi connectivity index (χ3v) is 6.60. The molecule has 0 spiro atoms. The van der Waals surface area contributed by atoms with E-state index < -0.39 is 0 Å². The van der Waals surface area contributed by atoms with Crippen LogP contribution in [-0.2, 0) is 4.74 Å². The molecule has 1 aromatic carbocycles. The number of nitrogens with zero attached hydrogens (tertiary/aromatic N) is 7. The Morgan fingerprint density at radius 2 is 1.82 bits per heavy atom. The fourth-order valence-electron chi connectivity index (χ4n) is 4.87. The van der Waals surface area contributed by atoms with Crippen molar-refractivity contribution in [3.05, 3.63) is 42.6 Å². The van der Waals surface area contributed by atoms with E-state index in [0.29, 0.717) is 11.8 Å². The number of hydrogen-bond donors (Lipinski definition) is 1. The van der Waals surface area contributed by atoms with E-state index in [1.165, 1.54) is 6.33 Å². The highest BCUT2D eigenvalue weighted by Gasteiger charge is 2.25. The lowest BCUT2D eigenvalue weighted by Crippen LogP contribution is -2.36. The molecule has 34 heavy (non-hydrogen) atoms. The highest BCUT2D eigenvalue weighted by Crippen LogP contribution is 2.33. The van der Waals surface area contributed by atoms with Crippen LogP contribution in [0.15, 0.2) is 36.9 Å². The van der Waals surface area contributed by atoms with Gasteiger partial charge in [-0.1, -0.05) is 0 Å². The zero-order chi connectivity index (χ0) is 22.9. The van der Waals surface area contributed by atoms with Crippen molar-refractivity contribution in [2.24, 2.45) is 0 Å². The number of hydrogen-bond acceptors (Lipinski definition) is 9. The molecule has 10 heteroatoms. The molecule has 0 amide bonds. The van der Waals surface area contributed by atoms with Crippen molar-refractivity contribution in [3.63, 3.8) is 0 Å². The van der Waals surface area contributed by atoms with Crippen molar-refractivity contribution in [2.75, 3.05) is 36.5 Å². The molecule has 3 aromatic heterocycles. The Morgan fingerprint density at radius 3 is 2.68 bits per heavy atom. The summed E-state index contributed by atoms with van der Waals surface area (Å²) in [6.07, 6.45) is 9.09. The van der Waals surface area contributed by atoms with Gasteiger partial charge in [0.05, 0.1) is 24.8 Å². The first-order valence-electron chi connectivity index (χ1n) is 11.9. The largest absolute Gasteiger partial charge is 0.488 e. The quantitative estimate of drug-likeness (QED) is 0.481. The van der Waals surface area contributed by atoms with Gasteiger partial charge >= 0.3 is 0 Å². The molecule has 0 bridgehead atoms. The van der Waals surface area contributed by atoms with Gasteiger partial charge in [0.2, 0.25) is 0 Å². The molecule has 2 aliphatic rings. The number of ether oxygens (including phenoxy) is 2. The summed E-state index contributed by atoms with van der Waals surface area (Å²) in [5, 5.41) is 7.94. The minimum Gasteiger partial charge on any atom is -0.488 e. The molecule has 10 nitrogen and oxygen atoms in total.